The van der Waals surface area contributed by atoms with Crippen molar-refractivity contribution in [2.24, 2.45) is 75.1 Å². The largest absolute Gasteiger partial charge is 0.508 e. The molecule has 0 bridgehead atoms. The second-order valence-corrected chi connectivity index (χ2v) is 33.5. The average molecular weight is 1910 g/mol. The number of rotatable bonds is 67. The average Bonchev–Trinajstić information content (AvgIpc) is 0.850. The standard InChI is InChI=1S/C81H151N39O15/c1-9-43(6)59(120-62(124)45(8)108-70(132)56(38-41(2)3)118-72(134)58(40-46-26-28-47(121)29-27-46)119-71(133)57(39-42(4)5)117-61(123)44(7)82)73(135)116-55(25-17-37-107-81(98)99)69(131)115-54(24-16-36-106-80(96)97)68(130)114-53(23-15-35-105-79(94)95)67(129)113-52(22-14-34-104-78(92)93)66(128)112-51(21-13-33-103-77(90)91)65(127)111-50(20-12-32-102-76(88)89)64(126)110-49(19-11-31-101-75(86)87)63(125)109-48(60(83)122)18-10-30-100-74(84)85/h26-29,41-45,48-59,121H,9-25,30-40,82H2,1-8H3,(H2,83,122)(H,108,132)(H,109,125)(H,110,126)(H,111,127)(H,112,128)(H,113,129)(H,114,130)(H,115,131)(H,116,135)(H,117,123)(H,118,134)(H,119,133)(H,120,124)(H4,84,85,100)(H4,86,87,101)(H4,88,89,102)(H4,90,91,103)(H4,92,93,104)(H4,94,95,105)(H4,96,97,106)(H4,98,99,107)/t43-,44-,45-,48-,49-,50-,51-,52-,53-,54-,55-,56-,57-,58-,59-/m0/s1. The van der Waals surface area contributed by atoms with Gasteiger partial charge in [-0.3, -0.25) is 110 Å². The predicted octanol–water partition coefficient (Wildman–Crippen LogP) is -9.67. The number of benzene rings is 1. The van der Waals surface area contributed by atoms with Crippen LogP contribution >= 0.6 is 0 Å². The van der Waals surface area contributed by atoms with Crippen molar-refractivity contribution in [3.63, 3.8) is 0 Å². The van der Waals surface area contributed by atoms with Crippen LogP contribution in [0.5, 0.6) is 5.75 Å². The van der Waals surface area contributed by atoms with Gasteiger partial charge in [0.2, 0.25) is 82.7 Å². The minimum Gasteiger partial charge on any atom is -0.508 e. The van der Waals surface area contributed by atoms with Crippen LogP contribution in [0.3, 0.4) is 0 Å². The smallest absolute Gasteiger partial charge is 0.243 e. The molecule has 0 unspecified atom stereocenters. The van der Waals surface area contributed by atoms with E-state index in [0.717, 1.165) is 0 Å². The third-order valence-corrected chi connectivity index (χ3v) is 20.6. The van der Waals surface area contributed by atoms with Crippen molar-refractivity contribution >= 4 is 130 Å². The molecular weight excluding hydrogens is 1760 g/mol. The highest BCUT2D eigenvalue weighted by Crippen LogP contribution is 2.18. The Morgan fingerprint density at radius 3 is 0.741 bits per heavy atom. The maximum atomic E-state index is 15.1. The summed E-state index contributed by atoms with van der Waals surface area (Å²) in [4.78, 5) is 202. The van der Waals surface area contributed by atoms with Crippen LogP contribution in [0.4, 0.5) is 0 Å². The number of nitrogens with two attached hydrogens (primary N) is 10. The van der Waals surface area contributed by atoms with Gasteiger partial charge in [0.05, 0.1) is 6.04 Å². The molecule has 50 N–H and O–H groups in total. The van der Waals surface area contributed by atoms with Crippen LogP contribution in [0.1, 0.15) is 183 Å². The second kappa shape index (κ2) is 64.5. The van der Waals surface area contributed by atoms with E-state index in [0.29, 0.717) is 5.56 Å². The first kappa shape index (κ1) is 119. The Balaban J connectivity index is 4.09. The second-order valence-electron chi connectivity index (χ2n) is 33.5. The minimum atomic E-state index is -1.65. The molecule has 0 aromatic heterocycles. The van der Waals surface area contributed by atoms with E-state index in [2.05, 4.69) is 112 Å². The van der Waals surface area contributed by atoms with Crippen LogP contribution in [-0.2, 0) is 73.5 Å². The summed E-state index contributed by atoms with van der Waals surface area (Å²) in [5.41, 5.74) is 56.5. The summed E-state index contributed by atoms with van der Waals surface area (Å²) < 4.78 is 0. The van der Waals surface area contributed by atoms with Crippen molar-refractivity contribution in [1.29, 1.82) is 43.3 Å². The molecule has 1 aromatic rings. The molecule has 0 spiro atoms. The molecule has 0 radical (unpaired) electrons. The van der Waals surface area contributed by atoms with E-state index < -0.39 is 215 Å². The van der Waals surface area contributed by atoms with Gasteiger partial charge in [-0.2, -0.15) is 0 Å². The Hall–Kier alpha value is -14.3. The number of guanidine groups is 8. The molecule has 0 saturated carbocycles. The number of phenolic OH excluding ortho intramolecular Hbond substituents is 1. The molecule has 0 aliphatic rings. The van der Waals surface area contributed by atoms with Gasteiger partial charge in [-0.15, -0.1) is 0 Å². The normalized spacial score (nSPS) is 14.2. The summed E-state index contributed by atoms with van der Waals surface area (Å²) in [6.07, 6.45) is -1.33. The molecule has 135 heavy (non-hydrogen) atoms. The lowest BCUT2D eigenvalue weighted by Gasteiger charge is -2.30. The van der Waals surface area contributed by atoms with Crippen molar-refractivity contribution in [2.45, 2.75) is 268 Å². The number of hydrogen-bond donors (Lipinski definition) is 40. The van der Waals surface area contributed by atoms with Gasteiger partial charge in [-0.25, -0.2) is 0 Å². The van der Waals surface area contributed by atoms with Crippen LogP contribution < -0.4 is 169 Å². The number of hydrogen-bond acceptors (Lipinski definition) is 24. The van der Waals surface area contributed by atoms with Gasteiger partial charge < -0.3 is 174 Å². The Labute approximate surface area is 785 Å². The highest BCUT2D eigenvalue weighted by atomic mass is 16.3. The van der Waals surface area contributed by atoms with Crippen molar-refractivity contribution in [3.8, 4) is 5.75 Å². The fourth-order valence-electron chi connectivity index (χ4n) is 13.3. The van der Waals surface area contributed by atoms with E-state index in [-0.39, 0.29) is 204 Å². The molecule has 0 saturated heterocycles. The summed E-state index contributed by atoms with van der Waals surface area (Å²) in [7, 11) is 0. The fraction of sp³-hybridized carbons (Fsp3) is 0.654. The molecule has 1 rings (SSSR count). The van der Waals surface area contributed by atoms with Crippen LogP contribution in [0.15, 0.2) is 24.3 Å². The van der Waals surface area contributed by atoms with Gasteiger partial charge in [0.25, 0.3) is 0 Å². The summed E-state index contributed by atoms with van der Waals surface area (Å²) in [5, 5.41) is 127. The number of amides is 14. The zero-order valence-corrected chi connectivity index (χ0v) is 78.4. The molecule has 760 valence electrons. The lowest BCUT2D eigenvalue weighted by molar-refractivity contribution is -0.137. The topological polar surface area (TPSA) is 963 Å². The lowest BCUT2D eigenvalue weighted by Crippen LogP contribution is -2.61. The molecule has 0 heterocycles. The van der Waals surface area contributed by atoms with Gasteiger partial charge in [-0.1, -0.05) is 60.1 Å². The Bertz CT molecular complexity index is 4100. The number of nitrogens with one attached hydrogen (secondary N) is 29. The van der Waals surface area contributed by atoms with Crippen LogP contribution in [0.2, 0.25) is 0 Å². The molecule has 1 aromatic carbocycles. The van der Waals surface area contributed by atoms with Crippen LogP contribution in [0.25, 0.3) is 0 Å². The third-order valence-electron chi connectivity index (χ3n) is 20.6. The monoisotopic (exact) mass is 1910 g/mol. The highest BCUT2D eigenvalue weighted by molar-refractivity contribution is 6.01. The van der Waals surface area contributed by atoms with Crippen molar-refractivity contribution < 1.29 is 72.2 Å². The van der Waals surface area contributed by atoms with E-state index in [1.807, 2.05) is 13.8 Å². The summed E-state index contributed by atoms with van der Waals surface area (Å²) in [6, 6.07) is -14.4. The molecule has 0 aliphatic heterocycles. The molecule has 15 atom stereocenters. The first-order valence-corrected chi connectivity index (χ1v) is 44.9. The molecule has 54 heteroatoms. The Morgan fingerprint density at radius 2 is 0.496 bits per heavy atom. The predicted molar refractivity (Wildman–Crippen MR) is 507 cm³/mol. The third kappa shape index (κ3) is 52.5. The fourth-order valence-corrected chi connectivity index (χ4v) is 13.3. The van der Waals surface area contributed by atoms with Gasteiger partial charge >= 0.3 is 0 Å². The van der Waals surface area contributed by atoms with E-state index in [1.165, 1.54) is 38.1 Å². The maximum Gasteiger partial charge on any atom is 0.243 e. The molecule has 14 amide bonds. The van der Waals surface area contributed by atoms with Gasteiger partial charge in [0, 0.05) is 58.8 Å². The zero-order valence-electron chi connectivity index (χ0n) is 78.4. The molecule has 54 nitrogen and oxygen atoms in total. The zero-order chi connectivity index (χ0) is 102. The Kier molecular flexibility index (Phi) is 56.7. The van der Waals surface area contributed by atoms with Crippen LogP contribution in [0, 0.1) is 61.0 Å². The van der Waals surface area contributed by atoms with Crippen LogP contribution in [-0.4, -0.2) is 272 Å². The lowest BCUT2D eigenvalue weighted by atomic mass is 9.97. The van der Waals surface area contributed by atoms with Gasteiger partial charge in [0.1, 0.15) is 84.3 Å². The number of carbonyl (C=O) groups is 14. The maximum absolute atomic E-state index is 15.1. The summed E-state index contributed by atoms with van der Waals surface area (Å²) in [5.74, 6) is -17.5. The van der Waals surface area contributed by atoms with E-state index in [9.17, 15) is 53.1 Å². The first-order chi connectivity index (χ1) is 63.4. The minimum absolute atomic E-state index is 0.00302. The summed E-state index contributed by atoms with van der Waals surface area (Å²) >= 11 is 0. The first-order valence-electron chi connectivity index (χ1n) is 44.9. The van der Waals surface area contributed by atoms with E-state index in [1.54, 1.807) is 27.7 Å². The number of carbonyl (C=O) groups excluding carboxylic acids is 14. The molecule has 0 aliphatic carbocycles. The SMILES string of the molecule is CC[C@H](C)[C@H](NC(=O)[C@H](C)NC(=O)[C@H](CC(C)C)NC(=O)[C@H](Cc1ccc(O)cc1)NC(=O)[C@H](CC(C)C)NC(=O)[C@H](C)N)C(=O)N[C@@H](CCCNC(=N)N)C(=O)N[C@@H](CCCNC(=N)N)C(=O)N[C@@H](CCCNC(=N)N)C(=O)N[C@@H](CCCNC(=N)N)C(=O)N[C@@H](CCCNC(=N)N)C(=O)N[C@@H](CCCNC(=N)N)C(=O)N[C@@H](CCCNC(=N)N)C(=O)N[C@@H](CCCNC(=N)N)C(N)=O. The number of aromatic hydroxyl groups is 1. The molecular formula is C81H151N39O15. The highest BCUT2D eigenvalue weighted by Gasteiger charge is 2.39. The van der Waals surface area contributed by atoms with Gasteiger partial charge in [-0.05, 0) is 165 Å². The summed E-state index contributed by atoms with van der Waals surface area (Å²) in [6.45, 7) is 13.1. The van der Waals surface area contributed by atoms with E-state index >= 15 is 19.2 Å². The van der Waals surface area contributed by atoms with Crippen molar-refractivity contribution in [2.75, 3.05) is 52.4 Å². The number of phenols is 1. The Morgan fingerprint density at radius 1 is 0.281 bits per heavy atom. The van der Waals surface area contributed by atoms with Gasteiger partial charge in [0.15, 0.2) is 47.7 Å². The van der Waals surface area contributed by atoms with E-state index in [4.69, 9.17) is 101 Å². The van der Waals surface area contributed by atoms with Crippen molar-refractivity contribution in [1.82, 2.24) is 112 Å². The quantitative estimate of drug-likeness (QED) is 0.0164. The number of primary amides is 1. The van der Waals surface area contributed by atoms with Crippen molar-refractivity contribution in [3.05, 3.63) is 29.8 Å². The molecule has 0 fully saturated rings.